The van der Waals surface area contributed by atoms with Gasteiger partial charge in [-0.1, -0.05) is 66.7 Å². The van der Waals surface area contributed by atoms with E-state index < -0.39 is 0 Å². The zero-order valence-electron chi connectivity index (χ0n) is 19.0. The van der Waals surface area contributed by atoms with Gasteiger partial charge in [0.25, 0.3) is 0 Å². The molecule has 0 aliphatic heterocycles. The molecule has 4 aromatic carbocycles. The number of nitrogens with two attached hydrogens (primary N) is 1. The van der Waals surface area contributed by atoms with Crippen LogP contribution in [-0.4, -0.2) is 25.8 Å². The minimum Gasteiger partial charge on any atom is -0.384 e. The highest BCUT2D eigenvalue weighted by atomic mass is 15.0. The van der Waals surface area contributed by atoms with E-state index >= 15 is 0 Å². The molecule has 5 N–H and O–H groups in total. The highest BCUT2D eigenvalue weighted by Gasteiger charge is 2.23. The molecule has 0 fully saturated rings. The summed E-state index contributed by atoms with van der Waals surface area (Å²) in [7, 11) is 0. The average Bonchev–Trinajstić information content (AvgIpc) is 3.52. The molecule has 6 rings (SSSR count). The van der Waals surface area contributed by atoms with Gasteiger partial charge in [0.2, 0.25) is 0 Å². The Labute approximate surface area is 202 Å². The van der Waals surface area contributed by atoms with Crippen LogP contribution in [0.15, 0.2) is 97.1 Å². The molecule has 6 heteroatoms. The number of nitrogen functional groups attached to an aromatic ring is 1. The molecule has 1 atom stereocenters. The van der Waals surface area contributed by atoms with Crippen LogP contribution in [0.2, 0.25) is 0 Å². The monoisotopic (exact) mass is 456 g/mol. The zero-order chi connectivity index (χ0) is 23.8. The zero-order valence-corrected chi connectivity index (χ0v) is 19.0. The van der Waals surface area contributed by atoms with Gasteiger partial charge < -0.3 is 15.7 Å². The minimum absolute atomic E-state index is 0.0374. The van der Waals surface area contributed by atoms with Crippen LogP contribution in [0.5, 0.6) is 0 Å². The minimum atomic E-state index is -0.0989. The molecule has 0 aliphatic rings. The van der Waals surface area contributed by atoms with Crippen molar-refractivity contribution in [2.75, 3.05) is 0 Å². The first kappa shape index (κ1) is 20.9. The Morgan fingerprint density at radius 2 is 1.34 bits per heavy atom. The van der Waals surface area contributed by atoms with E-state index in [1.54, 1.807) is 0 Å². The number of benzene rings is 4. The molecule has 2 aromatic heterocycles. The number of para-hydroxylation sites is 2. The van der Waals surface area contributed by atoms with Crippen molar-refractivity contribution in [3.8, 4) is 11.1 Å². The van der Waals surface area contributed by atoms with Crippen molar-refractivity contribution in [1.29, 1.82) is 5.41 Å². The Morgan fingerprint density at radius 3 is 2.06 bits per heavy atom. The van der Waals surface area contributed by atoms with Gasteiger partial charge in [0.1, 0.15) is 17.5 Å². The van der Waals surface area contributed by atoms with Gasteiger partial charge in [-0.15, -0.1) is 0 Å². The van der Waals surface area contributed by atoms with Gasteiger partial charge in [-0.05, 0) is 53.4 Å². The summed E-state index contributed by atoms with van der Waals surface area (Å²) in [6.07, 6.45) is 0.730. The second-order valence-electron chi connectivity index (χ2n) is 8.73. The van der Waals surface area contributed by atoms with Crippen LogP contribution in [-0.2, 0) is 6.42 Å². The predicted octanol–water partition coefficient (Wildman–Crippen LogP) is 5.76. The van der Waals surface area contributed by atoms with Crippen molar-refractivity contribution < 1.29 is 0 Å². The van der Waals surface area contributed by atoms with Crippen molar-refractivity contribution in [2.45, 2.75) is 12.3 Å². The number of rotatable bonds is 6. The summed E-state index contributed by atoms with van der Waals surface area (Å²) < 4.78 is 0. The van der Waals surface area contributed by atoms with Crippen LogP contribution < -0.4 is 5.73 Å². The Morgan fingerprint density at radius 1 is 0.714 bits per heavy atom. The first-order valence-electron chi connectivity index (χ1n) is 11.6. The lowest BCUT2D eigenvalue weighted by Crippen LogP contribution is -2.10. The van der Waals surface area contributed by atoms with Crippen LogP contribution in [0.3, 0.4) is 0 Å². The number of H-pyrrole nitrogens is 2. The molecule has 0 spiro atoms. The summed E-state index contributed by atoms with van der Waals surface area (Å²) in [6.45, 7) is 0. The van der Waals surface area contributed by atoms with Gasteiger partial charge in [0.05, 0.1) is 28.0 Å². The molecule has 0 saturated carbocycles. The first-order valence-corrected chi connectivity index (χ1v) is 11.6. The van der Waals surface area contributed by atoms with Crippen molar-refractivity contribution in [2.24, 2.45) is 5.73 Å². The van der Waals surface area contributed by atoms with E-state index in [9.17, 15) is 0 Å². The van der Waals surface area contributed by atoms with E-state index in [2.05, 4.69) is 58.5 Å². The second-order valence-corrected chi connectivity index (χ2v) is 8.73. The first-order chi connectivity index (χ1) is 17.1. The number of fused-ring (bicyclic) bond motifs is 2. The highest BCUT2D eigenvalue weighted by molar-refractivity contribution is 5.98. The molecule has 6 nitrogen and oxygen atoms in total. The van der Waals surface area contributed by atoms with Crippen molar-refractivity contribution in [3.05, 3.63) is 120 Å². The Bertz CT molecular complexity index is 1610. The largest absolute Gasteiger partial charge is 0.384 e. The smallest absolute Gasteiger partial charge is 0.122 e. The number of aromatic nitrogens is 4. The molecule has 2 heterocycles. The molecule has 0 bridgehead atoms. The Hall–Kier alpha value is -4.71. The van der Waals surface area contributed by atoms with Crippen molar-refractivity contribution in [1.82, 2.24) is 19.9 Å². The molecular weight excluding hydrogens is 432 g/mol. The lowest BCUT2D eigenvalue weighted by atomic mass is 9.96. The maximum absolute atomic E-state index is 7.75. The quantitative estimate of drug-likeness (QED) is 0.189. The summed E-state index contributed by atoms with van der Waals surface area (Å²) in [5, 5.41) is 7.75. The maximum Gasteiger partial charge on any atom is 0.122 e. The molecule has 0 amide bonds. The summed E-state index contributed by atoms with van der Waals surface area (Å²) in [4.78, 5) is 16.8. The van der Waals surface area contributed by atoms with Crippen LogP contribution >= 0.6 is 0 Å². The Kier molecular flexibility index (Phi) is 5.11. The number of aromatic amines is 2. The lowest BCUT2D eigenvalue weighted by molar-refractivity contribution is 0.714. The van der Waals surface area contributed by atoms with Gasteiger partial charge >= 0.3 is 0 Å². The lowest BCUT2D eigenvalue weighted by Gasteiger charge is -2.13. The van der Waals surface area contributed by atoms with Gasteiger partial charge in [0.15, 0.2) is 0 Å². The number of nitrogens with one attached hydrogen (secondary N) is 3. The van der Waals surface area contributed by atoms with E-state index in [1.165, 1.54) is 16.7 Å². The molecular formula is C29H24N6. The van der Waals surface area contributed by atoms with Gasteiger partial charge in [-0.2, -0.15) is 0 Å². The van der Waals surface area contributed by atoms with E-state index in [4.69, 9.17) is 21.1 Å². The van der Waals surface area contributed by atoms with E-state index in [-0.39, 0.29) is 11.8 Å². The standard InChI is InChI=1S/C29H24N6/c30-27(31)21-14-15-25-26(17-21)35-29(34-25)22(28-32-23-8-4-5-9-24(23)33-28)16-18-10-12-20(13-11-18)19-6-2-1-3-7-19/h1-15,17,22H,16H2,(H3,30,31)(H,32,33)(H,34,35). The average molecular weight is 457 g/mol. The molecule has 0 saturated heterocycles. The van der Waals surface area contributed by atoms with Gasteiger partial charge in [0, 0.05) is 5.56 Å². The van der Waals surface area contributed by atoms with E-state index in [0.29, 0.717) is 5.56 Å². The summed E-state index contributed by atoms with van der Waals surface area (Å²) in [6, 6.07) is 32.7. The molecule has 35 heavy (non-hydrogen) atoms. The molecule has 0 radical (unpaired) electrons. The number of imidazole rings is 2. The van der Waals surface area contributed by atoms with Crippen LogP contribution in [0.1, 0.15) is 28.7 Å². The van der Waals surface area contributed by atoms with E-state index in [0.717, 1.165) is 40.1 Å². The van der Waals surface area contributed by atoms with Crippen LogP contribution in [0.25, 0.3) is 33.2 Å². The van der Waals surface area contributed by atoms with E-state index in [1.807, 2.05) is 48.5 Å². The second kappa shape index (κ2) is 8.57. The number of nitrogens with zero attached hydrogens (tertiary/aromatic N) is 2. The maximum atomic E-state index is 7.75. The highest BCUT2D eigenvalue weighted by Crippen LogP contribution is 2.29. The topological polar surface area (TPSA) is 107 Å². The fraction of sp³-hybridized carbons (Fsp3) is 0.0690. The fourth-order valence-corrected chi connectivity index (χ4v) is 4.52. The third kappa shape index (κ3) is 4.06. The van der Waals surface area contributed by atoms with Crippen LogP contribution in [0, 0.1) is 5.41 Å². The fourth-order valence-electron chi connectivity index (χ4n) is 4.52. The summed E-state index contributed by atoms with van der Waals surface area (Å²) >= 11 is 0. The molecule has 170 valence electrons. The molecule has 6 aromatic rings. The molecule has 1 unspecified atom stereocenters. The number of amidine groups is 1. The van der Waals surface area contributed by atoms with Crippen molar-refractivity contribution >= 4 is 27.9 Å². The number of hydrogen-bond donors (Lipinski definition) is 4. The van der Waals surface area contributed by atoms with Gasteiger partial charge in [-0.3, -0.25) is 5.41 Å². The normalized spacial score (nSPS) is 12.2. The molecule has 0 aliphatic carbocycles. The number of hydrogen-bond acceptors (Lipinski definition) is 3. The summed E-state index contributed by atoms with van der Waals surface area (Å²) in [5.74, 6) is 1.63. The third-order valence-corrected chi connectivity index (χ3v) is 6.38. The third-order valence-electron chi connectivity index (χ3n) is 6.38. The SMILES string of the molecule is N=C(N)c1ccc2nc(C(Cc3ccc(-c4ccccc4)cc3)c3nc4ccccc4[nH]3)[nH]c2c1. The summed E-state index contributed by atoms with van der Waals surface area (Å²) in [5.41, 5.74) is 13.6. The van der Waals surface area contributed by atoms with Crippen LogP contribution in [0.4, 0.5) is 0 Å². The van der Waals surface area contributed by atoms with Gasteiger partial charge in [-0.25, -0.2) is 9.97 Å². The Balaban J connectivity index is 1.40. The predicted molar refractivity (Wildman–Crippen MR) is 141 cm³/mol. The van der Waals surface area contributed by atoms with Crippen molar-refractivity contribution in [3.63, 3.8) is 0 Å².